The molecule has 0 aliphatic heterocycles. The van der Waals surface area contributed by atoms with E-state index in [0.717, 1.165) is 6.54 Å². The van der Waals surface area contributed by atoms with Gasteiger partial charge in [-0.25, -0.2) is 0 Å². The molecule has 68 valence electrons. The Morgan fingerprint density at radius 3 is 1.91 bits per heavy atom. The molecule has 0 aromatic rings. The molecule has 0 amide bonds. The molecule has 0 unspecified atom stereocenters. The van der Waals surface area contributed by atoms with Crippen LogP contribution in [0.2, 0.25) is 0 Å². The van der Waals surface area contributed by atoms with Gasteiger partial charge in [-0.15, -0.1) is 0 Å². The van der Waals surface area contributed by atoms with Gasteiger partial charge in [0.15, 0.2) is 0 Å². The second kappa shape index (κ2) is 12.1. The Hall–Kier alpha value is -0.610. The van der Waals surface area contributed by atoms with Crippen molar-refractivity contribution in [3.8, 4) is 0 Å². The van der Waals surface area contributed by atoms with Crippen molar-refractivity contribution in [2.75, 3.05) is 13.1 Å². The van der Waals surface area contributed by atoms with Crippen molar-refractivity contribution in [1.82, 2.24) is 0 Å². The van der Waals surface area contributed by atoms with Gasteiger partial charge in [0, 0.05) is 0 Å². The number of rotatable bonds is 4. The monoisotopic (exact) mass is 162 g/mol. The quantitative estimate of drug-likeness (QED) is 0.514. The molecular formula is C7H18N2O2. The van der Waals surface area contributed by atoms with E-state index < -0.39 is 5.97 Å². The summed E-state index contributed by atoms with van der Waals surface area (Å²) in [5.41, 5.74) is 9.79. The van der Waals surface area contributed by atoms with Crippen molar-refractivity contribution in [2.45, 2.75) is 26.2 Å². The van der Waals surface area contributed by atoms with Crippen molar-refractivity contribution >= 4 is 5.97 Å². The van der Waals surface area contributed by atoms with Crippen LogP contribution in [0.25, 0.3) is 0 Å². The van der Waals surface area contributed by atoms with Crippen LogP contribution in [0, 0.1) is 0 Å². The Morgan fingerprint density at radius 2 is 1.82 bits per heavy atom. The fraction of sp³-hybridized carbons (Fsp3) is 0.857. The number of carboxylic acids is 1. The highest BCUT2D eigenvalue weighted by Gasteiger charge is 1.81. The average molecular weight is 162 g/mol. The molecule has 4 nitrogen and oxygen atoms in total. The Balaban J connectivity index is 0. The van der Waals surface area contributed by atoms with Crippen molar-refractivity contribution in [1.29, 1.82) is 0 Å². The highest BCUT2D eigenvalue weighted by molar-refractivity contribution is 5.68. The summed E-state index contributed by atoms with van der Waals surface area (Å²) in [7, 11) is 0. The van der Waals surface area contributed by atoms with Gasteiger partial charge < -0.3 is 16.6 Å². The standard InChI is InChI=1S/C5H13N.C2H5NO2/c1-2-3-4-5-6;3-1-2(4)5/h2-6H2,1H3;1,3H2,(H,4,5). The van der Waals surface area contributed by atoms with Gasteiger partial charge in [-0.1, -0.05) is 19.8 Å². The number of aliphatic carboxylic acids is 1. The molecule has 4 heteroatoms. The summed E-state index contributed by atoms with van der Waals surface area (Å²) < 4.78 is 0. The first-order chi connectivity index (χ1) is 5.18. The van der Waals surface area contributed by atoms with Crippen LogP contribution in [0.4, 0.5) is 0 Å². The van der Waals surface area contributed by atoms with E-state index in [1.165, 1.54) is 19.3 Å². The Morgan fingerprint density at radius 1 is 1.36 bits per heavy atom. The fourth-order valence-electron chi connectivity index (χ4n) is 0.394. The molecular weight excluding hydrogens is 144 g/mol. The van der Waals surface area contributed by atoms with Gasteiger partial charge in [0.2, 0.25) is 0 Å². The van der Waals surface area contributed by atoms with E-state index >= 15 is 0 Å². The Bertz CT molecular complexity index is 82.5. The average Bonchev–Trinajstić information content (AvgIpc) is 2.02. The number of carboxylic acid groups (broad SMARTS) is 1. The lowest BCUT2D eigenvalue weighted by Gasteiger charge is -1.86. The zero-order chi connectivity index (χ0) is 9.11. The van der Waals surface area contributed by atoms with Crippen LogP contribution in [-0.2, 0) is 4.79 Å². The summed E-state index contributed by atoms with van der Waals surface area (Å²) in [5.74, 6) is -0.968. The molecule has 0 radical (unpaired) electrons. The summed E-state index contributed by atoms with van der Waals surface area (Å²) in [5, 5.41) is 7.60. The van der Waals surface area contributed by atoms with Gasteiger partial charge in [-0.3, -0.25) is 4.79 Å². The zero-order valence-corrected chi connectivity index (χ0v) is 7.05. The minimum absolute atomic E-state index is 0.278. The van der Waals surface area contributed by atoms with E-state index in [1.54, 1.807) is 0 Å². The van der Waals surface area contributed by atoms with Crippen molar-refractivity contribution < 1.29 is 9.90 Å². The fourth-order valence-corrected chi connectivity index (χ4v) is 0.394. The second-order valence-electron chi connectivity index (χ2n) is 2.09. The smallest absolute Gasteiger partial charge is 0.317 e. The molecule has 0 aliphatic rings. The van der Waals surface area contributed by atoms with Crippen LogP contribution >= 0.6 is 0 Å². The van der Waals surface area contributed by atoms with Gasteiger partial charge in [0.05, 0.1) is 6.54 Å². The van der Waals surface area contributed by atoms with E-state index in [0.29, 0.717) is 0 Å². The van der Waals surface area contributed by atoms with Crippen LogP contribution in [0.1, 0.15) is 26.2 Å². The molecule has 0 spiro atoms. The van der Waals surface area contributed by atoms with Gasteiger partial charge in [-0.05, 0) is 13.0 Å². The van der Waals surface area contributed by atoms with Crippen molar-refractivity contribution in [3.63, 3.8) is 0 Å². The molecule has 0 aliphatic carbocycles. The van der Waals surface area contributed by atoms with E-state index in [-0.39, 0.29) is 6.54 Å². The predicted octanol–water partition coefficient (Wildman–Crippen LogP) is 0.165. The molecule has 0 aromatic carbocycles. The summed E-state index contributed by atoms with van der Waals surface area (Å²) >= 11 is 0. The summed E-state index contributed by atoms with van der Waals surface area (Å²) in [6.07, 6.45) is 3.75. The molecule has 0 atom stereocenters. The molecule has 0 saturated heterocycles. The van der Waals surface area contributed by atoms with Gasteiger partial charge in [-0.2, -0.15) is 0 Å². The SMILES string of the molecule is CCCCCN.NCC(=O)O. The summed E-state index contributed by atoms with van der Waals surface area (Å²) in [4.78, 5) is 9.24. The normalized spacial score (nSPS) is 8.27. The zero-order valence-electron chi connectivity index (χ0n) is 7.05. The van der Waals surface area contributed by atoms with E-state index in [9.17, 15) is 4.79 Å². The van der Waals surface area contributed by atoms with Gasteiger partial charge in [0.25, 0.3) is 0 Å². The van der Waals surface area contributed by atoms with Crippen LogP contribution < -0.4 is 11.5 Å². The van der Waals surface area contributed by atoms with Gasteiger partial charge >= 0.3 is 5.97 Å². The first-order valence-electron chi connectivity index (χ1n) is 3.80. The van der Waals surface area contributed by atoms with E-state index in [4.69, 9.17) is 10.8 Å². The number of nitrogens with two attached hydrogens (primary N) is 2. The van der Waals surface area contributed by atoms with E-state index in [1.807, 2.05) is 0 Å². The highest BCUT2D eigenvalue weighted by Crippen LogP contribution is 1.88. The number of carbonyl (C=O) groups is 1. The third-order valence-electron chi connectivity index (χ3n) is 0.982. The Kier molecular flexibility index (Phi) is 14.3. The number of unbranched alkanes of at least 4 members (excludes halogenated alkanes) is 2. The highest BCUT2D eigenvalue weighted by atomic mass is 16.4. The maximum absolute atomic E-state index is 9.24. The van der Waals surface area contributed by atoms with Crippen LogP contribution in [0.15, 0.2) is 0 Å². The van der Waals surface area contributed by atoms with Crippen molar-refractivity contribution in [2.24, 2.45) is 11.5 Å². The minimum atomic E-state index is -0.968. The molecule has 0 aromatic heterocycles. The predicted molar refractivity (Wildman–Crippen MR) is 45.3 cm³/mol. The largest absolute Gasteiger partial charge is 0.480 e. The first-order valence-corrected chi connectivity index (χ1v) is 3.80. The topological polar surface area (TPSA) is 89.3 Å². The van der Waals surface area contributed by atoms with Crippen LogP contribution in [-0.4, -0.2) is 24.2 Å². The molecule has 0 fully saturated rings. The molecule has 5 N–H and O–H groups in total. The van der Waals surface area contributed by atoms with E-state index in [2.05, 4.69) is 12.7 Å². The first kappa shape index (κ1) is 13.0. The summed E-state index contributed by atoms with van der Waals surface area (Å²) in [6.45, 7) is 2.75. The number of hydrogen-bond acceptors (Lipinski definition) is 3. The summed E-state index contributed by atoms with van der Waals surface area (Å²) in [6, 6.07) is 0. The maximum Gasteiger partial charge on any atom is 0.317 e. The molecule has 0 heterocycles. The van der Waals surface area contributed by atoms with Crippen LogP contribution in [0.5, 0.6) is 0 Å². The molecule has 11 heavy (non-hydrogen) atoms. The van der Waals surface area contributed by atoms with Gasteiger partial charge in [0.1, 0.15) is 0 Å². The third kappa shape index (κ3) is 26.6. The maximum atomic E-state index is 9.24. The lowest BCUT2D eigenvalue weighted by atomic mass is 10.3. The lowest BCUT2D eigenvalue weighted by Crippen LogP contribution is -2.10. The Labute approximate surface area is 67.6 Å². The lowest BCUT2D eigenvalue weighted by molar-refractivity contribution is -0.135. The number of hydrogen-bond donors (Lipinski definition) is 3. The molecule has 0 rings (SSSR count). The second-order valence-corrected chi connectivity index (χ2v) is 2.09. The molecule has 0 bridgehead atoms. The van der Waals surface area contributed by atoms with Crippen LogP contribution in [0.3, 0.4) is 0 Å². The minimum Gasteiger partial charge on any atom is -0.480 e. The molecule has 0 saturated carbocycles. The third-order valence-corrected chi connectivity index (χ3v) is 0.982. The van der Waals surface area contributed by atoms with Crippen molar-refractivity contribution in [3.05, 3.63) is 0 Å².